The van der Waals surface area contributed by atoms with Gasteiger partial charge in [0, 0.05) is 19.6 Å². The molecule has 0 aromatic carbocycles. The van der Waals surface area contributed by atoms with Crippen LogP contribution in [0.25, 0.3) is 0 Å². The zero-order valence-corrected chi connectivity index (χ0v) is 17.7. The standard InChI is InChI=1S/C18H34N4O.HI/c1-3-18(11-7-8-12-18)14-21-17(19-2)20-13-16(23)22-15-9-5-4-6-10-15;/h15H,3-14H2,1-2H3,(H,22,23)(H2,19,20,21);1H. The molecule has 6 heteroatoms. The summed E-state index contributed by atoms with van der Waals surface area (Å²) >= 11 is 0. The summed E-state index contributed by atoms with van der Waals surface area (Å²) in [6.45, 7) is 3.53. The zero-order chi connectivity index (χ0) is 16.5. The molecule has 1 amide bonds. The molecule has 0 aliphatic heterocycles. The van der Waals surface area contributed by atoms with Crippen LogP contribution in [0.4, 0.5) is 0 Å². The van der Waals surface area contributed by atoms with Crippen LogP contribution in [0.15, 0.2) is 4.99 Å². The van der Waals surface area contributed by atoms with Crippen LogP contribution in [-0.4, -0.2) is 38.0 Å². The van der Waals surface area contributed by atoms with Gasteiger partial charge in [-0.25, -0.2) is 0 Å². The van der Waals surface area contributed by atoms with Gasteiger partial charge in [-0.3, -0.25) is 9.79 Å². The second kappa shape index (κ2) is 11.2. The van der Waals surface area contributed by atoms with Crippen molar-refractivity contribution >= 4 is 35.8 Å². The Morgan fingerprint density at radius 1 is 1.08 bits per heavy atom. The molecule has 0 aromatic heterocycles. The van der Waals surface area contributed by atoms with Crippen molar-refractivity contribution in [2.45, 2.75) is 77.2 Å². The Morgan fingerprint density at radius 3 is 2.33 bits per heavy atom. The van der Waals surface area contributed by atoms with Crippen LogP contribution in [0, 0.1) is 5.41 Å². The first-order valence-electron chi connectivity index (χ1n) is 9.41. The van der Waals surface area contributed by atoms with Gasteiger partial charge in [-0.1, -0.05) is 39.0 Å². The average Bonchev–Trinajstić information content (AvgIpc) is 3.05. The Hall–Kier alpha value is -0.530. The van der Waals surface area contributed by atoms with Gasteiger partial charge in [0.2, 0.25) is 5.91 Å². The van der Waals surface area contributed by atoms with Crippen LogP contribution >= 0.6 is 24.0 Å². The van der Waals surface area contributed by atoms with Crippen molar-refractivity contribution in [3.8, 4) is 0 Å². The molecule has 0 spiro atoms. The molecule has 2 aliphatic carbocycles. The Bertz CT molecular complexity index is 402. The second-order valence-electron chi connectivity index (χ2n) is 7.24. The first kappa shape index (κ1) is 21.5. The maximum atomic E-state index is 12.1. The minimum Gasteiger partial charge on any atom is -0.356 e. The lowest BCUT2D eigenvalue weighted by atomic mass is 9.83. The van der Waals surface area contributed by atoms with Crippen LogP contribution in [0.1, 0.15) is 71.1 Å². The van der Waals surface area contributed by atoms with E-state index in [1.54, 1.807) is 7.05 Å². The summed E-state index contributed by atoms with van der Waals surface area (Å²) in [6, 6.07) is 0.370. The zero-order valence-electron chi connectivity index (χ0n) is 15.3. The number of rotatable bonds is 6. The number of nitrogens with one attached hydrogen (secondary N) is 3. The molecule has 0 heterocycles. The number of carbonyl (C=O) groups is 1. The molecule has 0 radical (unpaired) electrons. The van der Waals surface area contributed by atoms with E-state index in [1.807, 2.05) is 0 Å². The van der Waals surface area contributed by atoms with Crippen molar-refractivity contribution in [1.82, 2.24) is 16.0 Å². The molecule has 24 heavy (non-hydrogen) atoms. The molecule has 0 unspecified atom stereocenters. The molecule has 2 fully saturated rings. The van der Waals surface area contributed by atoms with Gasteiger partial charge in [0.15, 0.2) is 5.96 Å². The highest BCUT2D eigenvalue weighted by molar-refractivity contribution is 14.0. The molecular weight excluding hydrogens is 415 g/mol. The van der Waals surface area contributed by atoms with Crippen molar-refractivity contribution in [3.05, 3.63) is 0 Å². The molecule has 0 saturated heterocycles. The van der Waals surface area contributed by atoms with E-state index in [0.29, 0.717) is 18.0 Å². The fourth-order valence-electron chi connectivity index (χ4n) is 3.96. The highest BCUT2D eigenvalue weighted by atomic mass is 127. The quantitative estimate of drug-likeness (QED) is 0.331. The molecule has 5 nitrogen and oxygen atoms in total. The number of hydrogen-bond donors (Lipinski definition) is 3. The lowest BCUT2D eigenvalue weighted by Gasteiger charge is -2.28. The third kappa shape index (κ3) is 6.76. The van der Waals surface area contributed by atoms with E-state index in [1.165, 1.54) is 51.4 Å². The van der Waals surface area contributed by atoms with Crippen LogP contribution in [0.2, 0.25) is 0 Å². The normalized spacial score (nSPS) is 21.0. The maximum Gasteiger partial charge on any atom is 0.239 e. The van der Waals surface area contributed by atoms with Crippen LogP contribution in [0.5, 0.6) is 0 Å². The summed E-state index contributed by atoms with van der Waals surface area (Å²) < 4.78 is 0. The number of halogens is 1. The summed E-state index contributed by atoms with van der Waals surface area (Å²) in [4.78, 5) is 16.3. The monoisotopic (exact) mass is 450 g/mol. The molecule has 2 aliphatic rings. The minimum atomic E-state index is 0. The second-order valence-corrected chi connectivity index (χ2v) is 7.24. The van der Waals surface area contributed by atoms with E-state index in [2.05, 4.69) is 27.9 Å². The first-order valence-corrected chi connectivity index (χ1v) is 9.41. The molecule has 2 rings (SSSR count). The van der Waals surface area contributed by atoms with Crippen molar-refractivity contribution < 1.29 is 4.79 Å². The highest BCUT2D eigenvalue weighted by Gasteiger charge is 2.31. The van der Waals surface area contributed by atoms with Crippen molar-refractivity contribution in [3.63, 3.8) is 0 Å². The lowest BCUT2D eigenvalue weighted by molar-refractivity contribution is -0.120. The molecule has 0 aromatic rings. The average molecular weight is 450 g/mol. The maximum absolute atomic E-state index is 12.1. The molecule has 2 saturated carbocycles. The minimum absolute atomic E-state index is 0. The number of carbonyl (C=O) groups excluding carboxylic acids is 1. The fourth-order valence-corrected chi connectivity index (χ4v) is 3.96. The third-order valence-electron chi connectivity index (χ3n) is 5.66. The summed E-state index contributed by atoms with van der Waals surface area (Å²) in [5.41, 5.74) is 0.419. The van der Waals surface area contributed by atoms with Crippen molar-refractivity contribution in [2.24, 2.45) is 10.4 Å². The fraction of sp³-hybridized carbons (Fsp3) is 0.889. The van der Waals surface area contributed by atoms with Crippen molar-refractivity contribution in [2.75, 3.05) is 20.1 Å². The van der Waals surface area contributed by atoms with E-state index < -0.39 is 0 Å². The molecule has 3 N–H and O–H groups in total. The topological polar surface area (TPSA) is 65.5 Å². The van der Waals surface area contributed by atoms with Gasteiger partial charge >= 0.3 is 0 Å². The largest absolute Gasteiger partial charge is 0.356 e. The van der Waals surface area contributed by atoms with Crippen LogP contribution in [0.3, 0.4) is 0 Å². The van der Waals surface area contributed by atoms with E-state index in [-0.39, 0.29) is 29.9 Å². The van der Waals surface area contributed by atoms with Gasteiger partial charge in [0.05, 0.1) is 6.54 Å². The van der Waals surface area contributed by atoms with Gasteiger partial charge in [0.25, 0.3) is 0 Å². The Balaban J connectivity index is 0.00000288. The molecular formula is C18H35IN4O. The highest BCUT2D eigenvalue weighted by Crippen LogP contribution is 2.40. The smallest absolute Gasteiger partial charge is 0.239 e. The predicted octanol–water partition coefficient (Wildman–Crippen LogP) is 3.19. The van der Waals surface area contributed by atoms with E-state index in [0.717, 1.165) is 25.3 Å². The van der Waals surface area contributed by atoms with E-state index in [4.69, 9.17) is 0 Å². The van der Waals surface area contributed by atoms with Crippen LogP contribution < -0.4 is 16.0 Å². The number of aliphatic imine (C=N–C) groups is 1. The molecule has 0 atom stereocenters. The SMILES string of the molecule is CCC1(CNC(=NC)NCC(=O)NC2CCCCC2)CCCC1.I. The Morgan fingerprint density at radius 2 is 1.75 bits per heavy atom. The predicted molar refractivity (Wildman–Crippen MR) is 111 cm³/mol. The number of amides is 1. The Kier molecular flexibility index (Phi) is 10.0. The molecule has 0 bridgehead atoms. The third-order valence-corrected chi connectivity index (χ3v) is 5.66. The first-order chi connectivity index (χ1) is 11.2. The molecule has 140 valence electrons. The Labute approximate surface area is 164 Å². The number of hydrogen-bond acceptors (Lipinski definition) is 2. The summed E-state index contributed by atoms with van der Waals surface area (Å²) in [7, 11) is 1.77. The lowest BCUT2D eigenvalue weighted by Crippen LogP contribution is -2.47. The van der Waals surface area contributed by atoms with Gasteiger partial charge in [-0.2, -0.15) is 0 Å². The van der Waals surface area contributed by atoms with Crippen LogP contribution in [-0.2, 0) is 4.79 Å². The number of nitrogens with zero attached hydrogens (tertiary/aromatic N) is 1. The summed E-state index contributed by atoms with van der Waals surface area (Å²) in [5, 5.41) is 9.70. The van der Waals surface area contributed by atoms with Gasteiger partial charge in [-0.15, -0.1) is 24.0 Å². The van der Waals surface area contributed by atoms with Gasteiger partial charge < -0.3 is 16.0 Å². The van der Waals surface area contributed by atoms with Crippen molar-refractivity contribution in [1.29, 1.82) is 0 Å². The van der Waals surface area contributed by atoms with E-state index >= 15 is 0 Å². The summed E-state index contributed by atoms with van der Waals surface area (Å²) in [5.74, 6) is 0.814. The summed E-state index contributed by atoms with van der Waals surface area (Å²) in [6.07, 6.45) is 12.5. The van der Waals surface area contributed by atoms with E-state index in [9.17, 15) is 4.79 Å². The number of guanidine groups is 1. The van der Waals surface area contributed by atoms with Gasteiger partial charge in [0.1, 0.15) is 0 Å². The van der Waals surface area contributed by atoms with Gasteiger partial charge in [-0.05, 0) is 37.5 Å².